The molecule has 64 valence electrons. The van der Waals surface area contributed by atoms with Gasteiger partial charge in [0.15, 0.2) is 0 Å². The molecule has 1 aromatic rings. The van der Waals surface area contributed by atoms with Gasteiger partial charge < -0.3 is 5.73 Å². The predicted molar refractivity (Wildman–Crippen MR) is 57.2 cm³/mol. The van der Waals surface area contributed by atoms with Crippen LogP contribution in [0.2, 0.25) is 5.02 Å². The number of hydrogen-bond acceptors (Lipinski definition) is 1. The zero-order chi connectivity index (χ0) is 8.97. The molecule has 0 aliphatic carbocycles. The summed E-state index contributed by atoms with van der Waals surface area (Å²) in [6, 6.07) is 5.65. The molecule has 1 nitrogen and oxygen atoms in total. The first-order valence-corrected chi connectivity index (χ1v) is 4.73. The van der Waals surface area contributed by atoms with Crippen LogP contribution < -0.4 is 5.73 Å². The minimum atomic E-state index is 0.551. The van der Waals surface area contributed by atoms with Crippen LogP contribution in [0.4, 0.5) is 0 Å². The molecule has 0 bridgehead atoms. The van der Waals surface area contributed by atoms with Crippen molar-refractivity contribution < 1.29 is 0 Å². The monoisotopic (exact) mass is 245 g/mol. The Kier molecular flexibility index (Phi) is 3.79. The molecular formula is C9H9BrClN. The van der Waals surface area contributed by atoms with E-state index in [1.54, 1.807) is 0 Å². The van der Waals surface area contributed by atoms with Crippen molar-refractivity contribution in [3.05, 3.63) is 39.3 Å². The van der Waals surface area contributed by atoms with Gasteiger partial charge >= 0.3 is 0 Å². The highest BCUT2D eigenvalue weighted by Crippen LogP contribution is 2.22. The smallest absolute Gasteiger partial charge is 0.0417 e. The Bertz CT molecular complexity index is 297. The molecule has 0 aromatic heterocycles. The maximum Gasteiger partial charge on any atom is 0.0417 e. The van der Waals surface area contributed by atoms with Crippen LogP contribution in [0.3, 0.4) is 0 Å². The van der Waals surface area contributed by atoms with Crippen molar-refractivity contribution in [2.75, 3.05) is 6.54 Å². The van der Waals surface area contributed by atoms with E-state index in [0.717, 1.165) is 15.1 Å². The first-order chi connectivity index (χ1) is 5.74. The van der Waals surface area contributed by atoms with E-state index < -0.39 is 0 Å². The molecule has 3 heteroatoms. The van der Waals surface area contributed by atoms with Gasteiger partial charge in [-0.25, -0.2) is 0 Å². The molecule has 0 aliphatic rings. The first kappa shape index (κ1) is 9.78. The fourth-order valence-corrected chi connectivity index (χ4v) is 1.65. The van der Waals surface area contributed by atoms with Crippen molar-refractivity contribution in [3.63, 3.8) is 0 Å². The summed E-state index contributed by atoms with van der Waals surface area (Å²) in [5.41, 5.74) is 6.42. The minimum absolute atomic E-state index is 0.551. The van der Waals surface area contributed by atoms with Gasteiger partial charge in [-0.15, -0.1) is 0 Å². The predicted octanol–water partition coefficient (Wildman–Crippen LogP) is 3.07. The highest BCUT2D eigenvalue weighted by molar-refractivity contribution is 9.10. The number of hydrogen-bond donors (Lipinski definition) is 1. The Morgan fingerprint density at radius 2 is 2.25 bits per heavy atom. The molecule has 0 spiro atoms. The average Bonchev–Trinajstić information content (AvgIpc) is 2.03. The van der Waals surface area contributed by atoms with Gasteiger partial charge in [0.1, 0.15) is 0 Å². The summed E-state index contributed by atoms with van der Waals surface area (Å²) in [5, 5.41) is 0.728. The lowest BCUT2D eigenvalue weighted by Gasteiger charge is -1.97. The third-order valence-corrected chi connectivity index (χ3v) is 2.32. The van der Waals surface area contributed by atoms with Gasteiger partial charge in [0, 0.05) is 16.0 Å². The van der Waals surface area contributed by atoms with E-state index in [-0.39, 0.29) is 0 Å². The molecule has 0 amide bonds. The van der Waals surface area contributed by atoms with E-state index in [4.69, 9.17) is 17.3 Å². The fourth-order valence-electron chi connectivity index (χ4n) is 0.832. The van der Waals surface area contributed by atoms with Gasteiger partial charge in [-0.3, -0.25) is 0 Å². The minimum Gasteiger partial charge on any atom is -0.327 e. The summed E-state index contributed by atoms with van der Waals surface area (Å²) in [5.74, 6) is 0. The molecule has 0 atom stereocenters. The lowest BCUT2D eigenvalue weighted by molar-refractivity contribution is 1.26. The lowest BCUT2D eigenvalue weighted by atomic mass is 10.2. The number of halogens is 2. The SMILES string of the molecule is NCC=Cc1ccc(Cl)cc1Br. The maximum absolute atomic E-state index is 5.77. The van der Waals surface area contributed by atoms with Crippen molar-refractivity contribution in [3.8, 4) is 0 Å². The summed E-state index contributed by atoms with van der Waals surface area (Å²) in [7, 11) is 0. The molecule has 0 saturated carbocycles. The molecule has 0 radical (unpaired) electrons. The van der Waals surface area contributed by atoms with Gasteiger partial charge in [-0.2, -0.15) is 0 Å². The van der Waals surface area contributed by atoms with Crippen LogP contribution >= 0.6 is 27.5 Å². The third kappa shape index (κ3) is 2.63. The van der Waals surface area contributed by atoms with Gasteiger partial charge in [-0.05, 0) is 17.7 Å². The van der Waals surface area contributed by atoms with Crippen LogP contribution in [-0.2, 0) is 0 Å². The summed E-state index contributed by atoms with van der Waals surface area (Å²) in [4.78, 5) is 0. The number of nitrogens with two attached hydrogens (primary N) is 1. The normalized spacial score (nSPS) is 10.9. The van der Waals surface area contributed by atoms with E-state index in [1.165, 1.54) is 0 Å². The van der Waals surface area contributed by atoms with Crippen LogP contribution in [0.15, 0.2) is 28.7 Å². The van der Waals surface area contributed by atoms with Crippen molar-refractivity contribution in [1.82, 2.24) is 0 Å². The third-order valence-electron chi connectivity index (χ3n) is 1.40. The van der Waals surface area contributed by atoms with Crippen molar-refractivity contribution >= 4 is 33.6 Å². The Labute approximate surface area is 85.3 Å². The molecule has 1 rings (SSSR count). The summed E-state index contributed by atoms with van der Waals surface area (Å²) in [6.45, 7) is 0.551. The topological polar surface area (TPSA) is 26.0 Å². The van der Waals surface area contributed by atoms with Gasteiger partial charge in [0.25, 0.3) is 0 Å². The molecule has 0 unspecified atom stereocenters. The second-order valence-electron chi connectivity index (χ2n) is 2.30. The Morgan fingerprint density at radius 1 is 1.50 bits per heavy atom. The van der Waals surface area contributed by atoms with Crippen molar-refractivity contribution in [2.24, 2.45) is 5.73 Å². The molecule has 0 heterocycles. The molecule has 0 saturated heterocycles. The Morgan fingerprint density at radius 3 is 2.83 bits per heavy atom. The van der Waals surface area contributed by atoms with Crippen LogP contribution in [0, 0.1) is 0 Å². The second-order valence-corrected chi connectivity index (χ2v) is 3.59. The highest BCUT2D eigenvalue weighted by Gasteiger charge is 1.95. The Balaban J connectivity index is 2.94. The van der Waals surface area contributed by atoms with Crippen molar-refractivity contribution in [1.29, 1.82) is 0 Å². The molecule has 2 N–H and O–H groups in total. The van der Waals surface area contributed by atoms with Gasteiger partial charge in [0.2, 0.25) is 0 Å². The molecule has 0 aliphatic heterocycles. The van der Waals surface area contributed by atoms with Gasteiger partial charge in [0.05, 0.1) is 0 Å². The fraction of sp³-hybridized carbons (Fsp3) is 0.111. The highest BCUT2D eigenvalue weighted by atomic mass is 79.9. The molecular weight excluding hydrogens is 237 g/mol. The zero-order valence-electron chi connectivity index (χ0n) is 6.43. The largest absolute Gasteiger partial charge is 0.327 e. The average molecular weight is 247 g/mol. The number of benzene rings is 1. The maximum atomic E-state index is 5.77. The van der Waals surface area contributed by atoms with E-state index in [9.17, 15) is 0 Å². The zero-order valence-corrected chi connectivity index (χ0v) is 8.77. The second kappa shape index (κ2) is 4.65. The standard InChI is InChI=1S/C9H9BrClN/c10-9-6-8(11)4-3-7(9)2-1-5-12/h1-4,6H,5,12H2. The first-order valence-electron chi connectivity index (χ1n) is 3.55. The number of rotatable bonds is 2. The molecule has 12 heavy (non-hydrogen) atoms. The van der Waals surface area contributed by atoms with Crippen LogP contribution in [0.25, 0.3) is 6.08 Å². The van der Waals surface area contributed by atoms with E-state index in [2.05, 4.69) is 15.9 Å². The molecule has 1 aromatic carbocycles. The van der Waals surface area contributed by atoms with Crippen LogP contribution in [0.1, 0.15) is 5.56 Å². The molecule has 0 fully saturated rings. The van der Waals surface area contributed by atoms with E-state index in [1.807, 2.05) is 30.4 Å². The van der Waals surface area contributed by atoms with Crippen molar-refractivity contribution in [2.45, 2.75) is 0 Å². The van der Waals surface area contributed by atoms with Crippen LogP contribution in [-0.4, -0.2) is 6.54 Å². The summed E-state index contributed by atoms with van der Waals surface area (Å²) in [6.07, 6.45) is 3.86. The van der Waals surface area contributed by atoms with E-state index >= 15 is 0 Å². The van der Waals surface area contributed by atoms with Gasteiger partial charge in [-0.1, -0.05) is 45.7 Å². The van der Waals surface area contributed by atoms with E-state index in [0.29, 0.717) is 6.54 Å². The lowest BCUT2D eigenvalue weighted by Crippen LogP contribution is -1.91. The Hall–Kier alpha value is -0.310. The summed E-state index contributed by atoms with van der Waals surface area (Å²) < 4.78 is 0.986. The van der Waals surface area contributed by atoms with Crippen LogP contribution in [0.5, 0.6) is 0 Å². The quantitative estimate of drug-likeness (QED) is 0.853. The summed E-state index contributed by atoms with van der Waals surface area (Å²) >= 11 is 9.17.